The lowest BCUT2D eigenvalue weighted by atomic mass is 10.2. The topological polar surface area (TPSA) is 53.5 Å². The molecule has 62 valence electrons. The number of carbonyl (C=O) groups is 1. The van der Waals surface area contributed by atoms with Crippen LogP contribution in [0.4, 0.5) is 13.2 Å². The second-order valence-corrected chi connectivity index (χ2v) is 1.94. The molecule has 1 heterocycles. The minimum absolute atomic E-state index is 0.278. The van der Waals surface area contributed by atoms with Crippen molar-refractivity contribution in [1.82, 2.24) is 10.7 Å². The lowest BCUT2D eigenvalue weighted by Gasteiger charge is -2.24. The summed E-state index contributed by atoms with van der Waals surface area (Å²) in [6.45, 7) is 0. The third kappa shape index (κ3) is 1.02. The summed E-state index contributed by atoms with van der Waals surface area (Å²) < 4.78 is 35.9. The maximum absolute atomic E-state index is 12.0. The summed E-state index contributed by atoms with van der Waals surface area (Å²) in [5.41, 5.74) is -1.10. The van der Waals surface area contributed by atoms with Crippen LogP contribution in [0.5, 0.6) is 0 Å². The fourth-order valence-electron chi connectivity index (χ4n) is 0.573. The molecule has 0 aliphatic carbocycles. The first-order valence-corrected chi connectivity index (χ1v) is 2.61. The van der Waals surface area contributed by atoms with E-state index in [1.807, 2.05) is 0 Å². The Balaban J connectivity index is 2.86. The average molecular weight is 167 g/mol. The highest BCUT2D eigenvalue weighted by atomic mass is 19.4. The molecule has 0 spiro atoms. The van der Waals surface area contributed by atoms with Crippen LogP contribution in [0.25, 0.3) is 0 Å². The van der Waals surface area contributed by atoms with Gasteiger partial charge in [0, 0.05) is 0 Å². The van der Waals surface area contributed by atoms with E-state index in [-0.39, 0.29) is 6.29 Å². The van der Waals surface area contributed by atoms with Crippen molar-refractivity contribution in [1.29, 1.82) is 0 Å². The predicted octanol–water partition coefficient (Wildman–Crippen LogP) is -0.420. The summed E-state index contributed by atoms with van der Waals surface area (Å²) >= 11 is 0. The Kier molecular flexibility index (Phi) is 1.50. The lowest BCUT2D eigenvalue weighted by molar-refractivity contribution is -0.193. The molecule has 0 amide bonds. The lowest BCUT2D eigenvalue weighted by Crippen LogP contribution is -2.62. The number of nitrogens with zero attached hydrogens (tertiary/aromatic N) is 1. The third-order valence-corrected chi connectivity index (χ3v) is 1.22. The summed E-state index contributed by atoms with van der Waals surface area (Å²) in [5, 5.41) is 4.80. The van der Waals surface area contributed by atoms with E-state index in [0.717, 1.165) is 6.34 Å². The van der Waals surface area contributed by atoms with E-state index in [0.29, 0.717) is 0 Å². The number of nitrogens with one attached hydrogen (secondary N) is 2. The average Bonchev–Trinajstić information content (AvgIpc) is 2.33. The molecule has 7 heteroatoms. The van der Waals surface area contributed by atoms with Gasteiger partial charge >= 0.3 is 6.18 Å². The van der Waals surface area contributed by atoms with E-state index < -0.39 is 11.8 Å². The highest BCUT2D eigenvalue weighted by Crippen LogP contribution is 2.27. The SMILES string of the molecule is O=CC1(C(F)(F)F)NC=NN1. The molecule has 1 atom stereocenters. The molecule has 0 bridgehead atoms. The van der Waals surface area contributed by atoms with E-state index in [1.54, 1.807) is 10.7 Å². The number of rotatable bonds is 1. The first kappa shape index (κ1) is 7.83. The third-order valence-electron chi connectivity index (χ3n) is 1.22. The summed E-state index contributed by atoms with van der Waals surface area (Å²) in [6, 6.07) is 0. The fraction of sp³-hybridized carbons (Fsp3) is 0.500. The largest absolute Gasteiger partial charge is 0.439 e. The van der Waals surface area contributed by atoms with Gasteiger partial charge in [-0.2, -0.15) is 18.3 Å². The van der Waals surface area contributed by atoms with Crippen molar-refractivity contribution in [3.63, 3.8) is 0 Å². The van der Waals surface area contributed by atoms with Gasteiger partial charge in [0.1, 0.15) is 6.34 Å². The predicted molar refractivity (Wildman–Crippen MR) is 29.6 cm³/mol. The smallest absolute Gasteiger partial charge is 0.338 e. The van der Waals surface area contributed by atoms with Crippen molar-refractivity contribution < 1.29 is 18.0 Å². The normalized spacial score (nSPS) is 29.4. The molecule has 0 aromatic carbocycles. The highest BCUT2D eigenvalue weighted by molar-refractivity contribution is 5.74. The van der Waals surface area contributed by atoms with E-state index in [9.17, 15) is 18.0 Å². The van der Waals surface area contributed by atoms with Crippen LogP contribution in [0.2, 0.25) is 0 Å². The van der Waals surface area contributed by atoms with Crippen molar-refractivity contribution in [2.45, 2.75) is 11.8 Å². The van der Waals surface area contributed by atoms with E-state index >= 15 is 0 Å². The van der Waals surface area contributed by atoms with Gasteiger partial charge in [0.15, 0.2) is 6.29 Å². The number of alkyl halides is 3. The first-order chi connectivity index (χ1) is 5.02. The zero-order valence-electron chi connectivity index (χ0n) is 5.14. The molecule has 0 saturated heterocycles. The van der Waals surface area contributed by atoms with Crippen molar-refractivity contribution in [2.75, 3.05) is 0 Å². The molecule has 2 N–H and O–H groups in total. The molecule has 1 rings (SSSR count). The van der Waals surface area contributed by atoms with Gasteiger partial charge in [0.05, 0.1) is 0 Å². The van der Waals surface area contributed by atoms with Crippen LogP contribution in [0.15, 0.2) is 5.10 Å². The van der Waals surface area contributed by atoms with Crippen molar-refractivity contribution in [3.05, 3.63) is 0 Å². The maximum Gasteiger partial charge on any atom is 0.439 e. The number of hydrazone groups is 1. The first-order valence-electron chi connectivity index (χ1n) is 2.61. The van der Waals surface area contributed by atoms with Crippen LogP contribution < -0.4 is 10.7 Å². The number of hydrogen-bond acceptors (Lipinski definition) is 4. The Morgan fingerprint density at radius 2 is 2.18 bits per heavy atom. The summed E-state index contributed by atoms with van der Waals surface area (Å²) in [7, 11) is 0. The Labute approximate surface area is 59.5 Å². The Morgan fingerprint density at radius 3 is 2.36 bits per heavy atom. The van der Waals surface area contributed by atoms with Crippen LogP contribution in [-0.4, -0.2) is 24.5 Å². The quantitative estimate of drug-likeness (QED) is 0.521. The maximum atomic E-state index is 12.0. The molecular formula is C4H4F3N3O. The molecule has 4 nitrogen and oxygen atoms in total. The fourth-order valence-corrected chi connectivity index (χ4v) is 0.573. The summed E-state index contributed by atoms with van der Waals surface area (Å²) in [6.07, 6.45) is -4.19. The van der Waals surface area contributed by atoms with Crippen molar-refractivity contribution in [3.8, 4) is 0 Å². The van der Waals surface area contributed by atoms with E-state index in [1.165, 1.54) is 0 Å². The zero-order chi connectivity index (χ0) is 8.54. The van der Waals surface area contributed by atoms with Gasteiger partial charge in [-0.25, -0.2) is 0 Å². The van der Waals surface area contributed by atoms with Crippen molar-refractivity contribution in [2.24, 2.45) is 5.10 Å². The van der Waals surface area contributed by atoms with Gasteiger partial charge < -0.3 is 5.32 Å². The number of hydrogen-bond donors (Lipinski definition) is 2. The molecule has 0 aromatic rings. The molecular weight excluding hydrogens is 163 g/mol. The van der Waals surface area contributed by atoms with Gasteiger partial charge in [-0.15, -0.1) is 0 Å². The summed E-state index contributed by atoms with van der Waals surface area (Å²) in [4.78, 5) is 10.1. The summed E-state index contributed by atoms with van der Waals surface area (Å²) in [5.74, 6) is 0. The van der Waals surface area contributed by atoms with Crippen LogP contribution in [0, 0.1) is 0 Å². The molecule has 0 aromatic heterocycles. The van der Waals surface area contributed by atoms with Crippen LogP contribution in [0.3, 0.4) is 0 Å². The minimum atomic E-state index is -4.69. The second-order valence-electron chi connectivity index (χ2n) is 1.94. The minimum Gasteiger partial charge on any atom is -0.338 e. The van der Waals surface area contributed by atoms with E-state index in [4.69, 9.17) is 0 Å². The number of aldehydes is 1. The molecule has 0 saturated carbocycles. The molecule has 11 heavy (non-hydrogen) atoms. The Morgan fingerprint density at radius 1 is 1.55 bits per heavy atom. The van der Waals surface area contributed by atoms with Crippen LogP contribution >= 0.6 is 0 Å². The number of carbonyl (C=O) groups excluding carboxylic acids is 1. The van der Waals surface area contributed by atoms with Gasteiger partial charge in [-0.1, -0.05) is 0 Å². The van der Waals surface area contributed by atoms with Gasteiger partial charge in [-0.05, 0) is 0 Å². The molecule has 1 unspecified atom stereocenters. The Bertz CT molecular complexity index is 191. The standard InChI is InChI=1S/C4H4F3N3O/c5-4(6,7)3(1-11)8-2-9-10-3/h1-2,10H,(H,8,9). The zero-order valence-corrected chi connectivity index (χ0v) is 5.14. The van der Waals surface area contributed by atoms with Gasteiger partial charge in [-0.3, -0.25) is 10.2 Å². The van der Waals surface area contributed by atoms with Gasteiger partial charge in [0.2, 0.25) is 0 Å². The highest BCUT2D eigenvalue weighted by Gasteiger charge is 2.57. The number of halogens is 3. The monoisotopic (exact) mass is 167 g/mol. The molecule has 0 fully saturated rings. The molecule has 1 aliphatic rings. The second kappa shape index (κ2) is 2.11. The van der Waals surface area contributed by atoms with Gasteiger partial charge in [0.25, 0.3) is 5.66 Å². The van der Waals surface area contributed by atoms with Crippen LogP contribution in [0.1, 0.15) is 0 Å². The van der Waals surface area contributed by atoms with Crippen molar-refractivity contribution >= 4 is 12.6 Å². The molecule has 1 aliphatic heterocycles. The van der Waals surface area contributed by atoms with E-state index in [2.05, 4.69) is 5.10 Å². The Hall–Kier alpha value is -1.27. The molecule has 0 radical (unpaired) electrons. The van der Waals surface area contributed by atoms with Crippen LogP contribution in [-0.2, 0) is 4.79 Å².